The van der Waals surface area contributed by atoms with Crippen molar-refractivity contribution in [2.75, 3.05) is 19.6 Å². The smallest absolute Gasteiger partial charge is 0.318 e. The van der Waals surface area contributed by atoms with Gasteiger partial charge in [-0.1, -0.05) is 6.42 Å². The highest BCUT2D eigenvalue weighted by Crippen LogP contribution is 2.40. The monoisotopic (exact) mass is 269 g/mol. The predicted octanol–water partition coefficient (Wildman–Crippen LogP) is -0.229. The van der Waals surface area contributed by atoms with Gasteiger partial charge in [-0.3, -0.25) is 9.59 Å². The highest BCUT2D eigenvalue weighted by Gasteiger charge is 2.45. The van der Waals surface area contributed by atoms with Crippen LogP contribution in [0.2, 0.25) is 0 Å². The highest BCUT2D eigenvalue weighted by molar-refractivity contribution is 5.88. The third kappa shape index (κ3) is 2.50. The molecule has 1 heterocycles. The zero-order valence-electron chi connectivity index (χ0n) is 10.9. The minimum absolute atomic E-state index is 0.131. The van der Waals surface area contributed by atoms with Gasteiger partial charge in [0, 0.05) is 19.6 Å². The lowest BCUT2D eigenvalue weighted by atomic mass is 9.69. The van der Waals surface area contributed by atoms with Gasteiger partial charge in [-0.15, -0.1) is 0 Å². The second-order valence-corrected chi connectivity index (χ2v) is 5.26. The molecule has 3 N–H and O–H groups in total. The molecule has 19 heavy (non-hydrogen) atoms. The number of piperazine rings is 1. The number of hydrogen-bond donors (Lipinski definition) is 3. The number of aliphatic carboxylic acids is 1. The molecule has 0 aromatic rings. The summed E-state index contributed by atoms with van der Waals surface area (Å²) in [6, 6.07) is -0.884. The van der Waals surface area contributed by atoms with Gasteiger partial charge < -0.3 is 20.6 Å². The van der Waals surface area contributed by atoms with E-state index in [0.29, 0.717) is 25.9 Å². The average Bonchev–Trinajstić information content (AvgIpc) is 2.30. The molecule has 0 aromatic carbocycles. The summed E-state index contributed by atoms with van der Waals surface area (Å²) in [5, 5.41) is 14.5. The van der Waals surface area contributed by atoms with Crippen molar-refractivity contribution in [1.82, 2.24) is 15.5 Å². The summed E-state index contributed by atoms with van der Waals surface area (Å²) in [7, 11) is 0. The maximum atomic E-state index is 12.0. The molecule has 1 unspecified atom stereocenters. The van der Waals surface area contributed by atoms with Gasteiger partial charge in [0.1, 0.15) is 6.04 Å². The molecule has 7 heteroatoms. The van der Waals surface area contributed by atoms with Gasteiger partial charge in [0.15, 0.2) is 0 Å². The number of hydrogen-bond acceptors (Lipinski definition) is 3. The molecule has 3 amide bonds. The van der Waals surface area contributed by atoms with Gasteiger partial charge in [-0.2, -0.15) is 0 Å². The van der Waals surface area contributed by atoms with E-state index in [1.165, 1.54) is 4.90 Å². The number of nitrogens with zero attached hydrogens (tertiary/aromatic N) is 1. The molecule has 2 fully saturated rings. The van der Waals surface area contributed by atoms with Crippen molar-refractivity contribution in [2.45, 2.75) is 32.2 Å². The first kappa shape index (κ1) is 13.6. The van der Waals surface area contributed by atoms with E-state index < -0.39 is 17.4 Å². The normalized spacial score (nSPS) is 25.2. The van der Waals surface area contributed by atoms with E-state index in [-0.39, 0.29) is 18.5 Å². The SMILES string of the molecule is CC1C(=O)NCCN1C(=O)NCC1(C(=O)O)CCC1. The Hall–Kier alpha value is -1.79. The van der Waals surface area contributed by atoms with Crippen LogP contribution < -0.4 is 10.6 Å². The molecule has 1 saturated heterocycles. The number of carboxylic acid groups (broad SMARTS) is 1. The zero-order chi connectivity index (χ0) is 14.0. The Morgan fingerprint density at radius 1 is 1.53 bits per heavy atom. The third-order valence-corrected chi connectivity index (χ3v) is 4.10. The number of carboxylic acids is 1. The summed E-state index contributed by atoms with van der Waals surface area (Å²) >= 11 is 0. The Morgan fingerprint density at radius 2 is 2.21 bits per heavy atom. The molecule has 1 aliphatic carbocycles. The van der Waals surface area contributed by atoms with Gasteiger partial charge in [-0.25, -0.2) is 4.79 Å². The molecule has 0 bridgehead atoms. The minimum atomic E-state index is -0.858. The Morgan fingerprint density at radius 3 is 2.74 bits per heavy atom. The number of rotatable bonds is 3. The topological polar surface area (TPSA) is 98.7 Å². The Kier molecular flexibility index (Phi) is 3.64. The zero-order valence-corrected chi connectivity index (χ0v) is 10.9. The van der Waals surface area contributed by atoms with Crippen molar-refractivity contribution in [3.63, 3.8) is 0 Å². The quantitative estimate of drug-likeness (QED) is 0.659. The fourth-order valence-corrected chi connectivity index (χ4v) is 2.48. The maximum absolute atomic E-state index is 12.0. The molecule has 2 aliphatic rings. The van der Waals surface area contributed by atoms with Crippen LogP contribution in [0.3, 0.4) is 0 Å². The van der Waals surface area contributed by atoms with Crippen molar-refractivity contribution >= 4 is 17.9 Å². The van der Waals surface area contributed by atoms with Crippen LogP contribution >= 0.6 is 0 Å². The number of nitrogens with one attached hydrogen (secondary N) is 2. The van der Waals surface area contributed by atoms with E-state index in [4.69, 9.17) is 0 Å². The lowest BCUT2D eigenvalue weighted by Gasteiger charge is -2.39. The van der Waals surface area contributed by atoms with Crippen LogP contribution in [-0.4, -0.2) is 53.6 Å². The maximum Gasteiger partial charge on any atom is 0.318 e. The van der Waals surface area contributed by atoms with Gasteiger partial charge in [0.2, 0.25) is 5.91 Å². The second-order valence-electron chi connectivity index (χ2n) is 5.26. The van der Waals surface area contributed by atoms with Gasteiger partial charge in [-0.05, 0) is 19.8 Å². The fraction of sp³-hybridized carbons (Fsp3) is 0.750. The number of carbonyl (C=O) groups is 3. The van der Waals surface area contributed by atoms with Crippen LogP contribution in [0.4, 0.5) is 4.79 Å². The Bertz CT molecular complexity index is 406. The molecule has 106 valence electrons. The van der Waals surface area contributed by atoms with Crippen LogP contribution in [0.5, 0.6) is 0 Å². The first-order valence-electron chi connectivity index (χ1n) is 6.52. The number of amides is 3. The van der Waals surface area contributed by atoms with E-state index >= 15 is 0 Å². The van der Waals surface area contributed by atoms with Crippen LogP contribution in [0.1, 0.15) is 26.2 Å². The van der Waals surface area contributed by atoms with Crippen LogP contribution in [0.15, 0.2) is 0 Å². The molecule has 1 aliphatic heterocycles. The molecule has 7 nitrogen and oxygen atoms in total. The third-order valence-electron chi connectivity index (χ3n) is 4.10. The van der Waals surface area contributed by atoms with E-state index in [2.05, 4.69) is 10.6 Å². The molecule has 1 atom stereocenters. The van der Waals surface area contributed by atoms with E-state index in [9.17, 15) is 19.5 Å². The number of carbonyl (C=O) groups excluding carboxylic acids is 2. The fourth-order valence-electron chi connectivity index (χ4n) is 2.48. The largest absolute Gasteiger partial charge is 0.481 e. The first-order chi connectivity index (χ1) is 8.96. The average molecular weight is 269 g/mol. The van der Waals surface area contributed by atoms with Gasteiger partial charge >= 0.3 is 12.0 Å². The van der Waals surface area contributed by atoms with E-state index in [1.807, 2.05) is 0 Å². The summed E-state index contributed by atoms with van der Waals surface area (Å²) in [5.41, 5.74) is -0.809. The van der Waals surface area contributed by atoms with Crippen LogP contribution in [0, 0.1) is 5.41 Å². The lowest BCUT2D eigenvalue weighted by Crippen LogP contribution is -2.59. The van der Waals surface area contributed by atoms with E-state index in [0.717, 1.165) is 6.42 Å². The summed E-state index contributed by atoms with van der Waals surface area (Å²) in [6.45, 7) is 2.66. The van der Waals surface area contributed by atoms with Crippen LogP contribution in [0.25, 0.3) is 0 Å². The summed E-state index contributed by atoms with van der Waals surface area (Å²) in [4.78, 5) is 36.1. The second kappa shape index (κ2) is 5.07. The first-order valence-corrected chi connectivity index (χ1v) is 6.52. The standard InChI is InChI=1S/C12H19N3O4/c1-8-9(16)13-5-6-15(8)11(19)14-7-12(10(17)18)3-2-4-12/h8H,2-7H2,1H3,(H,13,16)(H,14,19)(H,17,18). The Balaban J connectivity index is 1.90. The van der Waals surface area contributed by atoms with Crippen molar-refractivity contribution in [3.8, 4) is 0 Å². The molecule has 0 radical (unpaired) electrons. The molecule has 2 rings (SSSR count). The van der Waals surface area contributed by atoms with Crippen LogP contribution in [-0.2, 0) is 9.59 Å². The molecular weight excluding hydrogens is 250 g/mol. The predicted molar refractivity (Wildman–Crippen MR) is 66.5 cm³/mol. The van der Waals surface area contributed by atoms with Gasteiger partial charge in [0.05, 0.1) is 5.41 Å². The van der Waals surface area contributed by atoms with Gasteiger partial charge in [0.25, 0.3) is 0 Å². The van der Waals surface area contributed by atoms with Crippen molar-refractivity contribution in [2.24, 2.45) is 5.41 Å². The summed E-state index contributed by atoms with van der Waals surface area (Å²) in [5.74, 6) is -1.04. The van der Waals surface area contributed by atoms with Crippen molar-refractivity contribution in [1.29, 1.82) is 0 Å². The molecule has 0 aromatic heterocycles. The minimum Gasteiger partial charge on any atom is -0.481 e. The number of urea groups is 1. The molecular formula is C12H19N3O4. The Labute approximate surface area is 111 Å². The van der Waals surface area contributed by atoms with E-state index in [1.54, 1.807) is 6.92 Å². The van der Waals surface area contributed by atoms with Crippen molar-refractivity contribution < 1.29 is 19.5 Å². The summed E-state index contributed by atoms with van der Waals surface area (Å²) < 4.78 is 0. The van der Waals surface area contributed by atoms with Crippen molar-refractivity contribution in [3.05, 3.63) is 0 Å². The summed E-state index contributed by atoms with van der Waals surface area (Å²) in [6.07, 6.45) is 2.07. The molecule has 0 spiro atoms. The lowest BCUT2D eigenvalue weighted by molar-refractivity contribution is -0.153. The molecule has 1 saturated carbocycles. The highest BCUT2D eigenvalue weighted by atomic mass is 16.4.